The van der Waals surface area contributed by atoms with Crippen LogP contribution in [-0.2, 0) is 0 Å². The number of benzene rings is 2. The molecule has 1 atom stereocenters. The Morgan fingerprint density at radius 2 is 1.92 bits per heavy atom. The van der Waals surface area contributed by atoms with Gasteiger partial charge in [-0.25, -0.2) is 0 Å². The van der Waals surface area contributed by atoms with E-state index in [0.29, 0.717) is 23.6 Å². The molecule has 0 saturated carbocycles. The fourth-order valence-electron chi connectivity index (χ4n) is 2.80. The number of thioether (sulfide) groups is 1. The zero-order valence-electron chi connectivity index (χ0n) is 13.5. The van der Waals surface area contributed by atoms with E-state index in [1.807, 2.05) is 47.4 Å². The van der Waals surface area contributed by atoms with Crippen LogP contribution in [0.2, 0.25) is 0 Å². The van der Waals surface area contributed by atoms with Crippen LogP contribution in [0.5, 0.6) is 11.5 Å². The molecule has 1 saturated heterocycles. The van der Waals surface area contributed by atoms with Crippen LogP contribution < -0.4 is 9.47 Å². The molecule has 4 nitrogen and oxygen atoms in total. The van der Waals surface area contributed by atoms with E-state index < -0.39 is 0 Å². The van der Waals surface area contributed by atoms with Gasteiger partial charge in [0.1, 0.15) is 5.37 Å². The topological polar surface area (TPSA) is 38.8 Å². The number of para-hydroxylation sites is 1. The lowest BCUT2D eigenvalue weighted by atomic mass is 10.1. The van der Waals surface area contributed by atoms with Crippen molar-refractivity contribution in [2.45, 2.75) is 5.37 Å². The summed E-state index contributed by atoms with van der Waals surface area (Å²) in [6.07, 6.45) is 0. The number of amides is 1. The first-order valence-corrected chi connectivity index (χ1v) is 9.39. The van der Waals surface area contributed by atoms with Crippen LogP contribution in [0, 0.1) is 0 Å². The molecule has 1 aliphatic heterocycles. The van der Waals surface area contributed by atoms with Crippen LogP contribution in [0.15, 0.2) is 46.9 Å². The smallest absolute Gasteiger partial charge is 0.255 e. The molecule has 0 unspecified atom stereocenters. The van der Waals surface area contributed by atoms with Gasteiger partial charge in [-0.2, -0.15) is 0 Å². The highest BCUT2D eigenvalue weighted by Gasteiger charge is 2.33. The fourth-order valence-corrected chi connectivity index (χ4v) is 4.34. The maximum atomic E-state index is 12.9. The quantitative estimate of drug-likeness (QED) is 0.754. The van der Waals surface area contributed by atoms with Crippen molar-refractivity contribution in [2.75, 3.05) is 26.5 Å². The Morgan fingerprint density at radius 3 is 2.58 bits per heavy atom. The number of halogens is 1. The van der Waals surface area contributed by atoms with Crippen molar-refractivity contribution < 1.29 is 14.3 Å². The van der Waals surface area contributed by atoms with Crippen LogP contribution in [0.1, 0.15) is 21.3 Å². The summed E-state index contributed by atoms with van der Waals surface area (Å²) in [5.41, 5.74) is 1.65. The van der Waals surface area contributed by atoms with E-state index in [1.54, 1.807) is 26.0 Å². The Balaban J connectivity index is 1.94. The average Bonchev–Trinajstić information content (AvgIpc) is 3.10. The molecule has 24 heavy (non-hydrogen) atoms. The SMILES string of the molecule is COc1cccc([C@H]2SCCN2C(=O)c2ccc(Br)cc2)c1OC. The highest BCUT2D eigenvalue weighted by atomic mass is 79.9. The first-order valence-electron chi connectivity index (χ1n) is 7.54. The predicted molar refractivity (Wildman–Crippen MR) is 99.9 cm³/mol. The summed E-state index contributed by atoms with van der Waals surface area (Å²) in [4.78, 5) is 14.8. The molecule has 1 aliphatic rings. The van der Waals surface area contributed by atoms with Crippen molar-refractivity contribution >= 4 is 33.6 Å². The highest BCUT2D eigenvalue weighted by Crippen LogP contribution is 2.45. The molecule has 0 aromatic heterocycles. The molecule has 0 aliphatic carbocycles. The molecule has 3 rings (SSSR count). The van der Waals surface area contributed by atoms with E-state index in [-0.39, 0.29) is 11.3 Å². The van der Waals surface area contributed by atoms with Crippen molar-refractivity contribution in [1.29, 1.82) is 0 Å². The number of hydrogen-bond donors (Lipinski definition) is 0. The highest BCUT2D eigenvalue weighted by molar-refractivity contribution is 9.10. The number of nitrogens with zero attached hydrogens (tertiary/aromatic N) is 1. The van der Waals surface area contributed by atoms with E-state index in [4.69, 9.17) is 9.47 Å². The molecule has 126 valence electrons. The molecule has 0 bridgehead atoms. The Kier molecular flexibility index (Phi) is 5.36. The van der Waals surface area contributed by atoms with Gasteiger partial charge in [-0.1, -0.05) is 28.1 Å². The number of carbonyl (C=O) groups excluding carboxylic acids is 1. The lowest BCUT2D eigenvalue weighted by Crippen LogP contribution is -2.30. The van der Waals surface area contributed by atoms with Crippen LogP contribution in [0.25, 0.3) is 0 Å². The third kappa shape index (κ3) is 3.26. The van der Waals surface area contributed by atoms with Gasteiger partial charge in [0, 0.05) is 27.9 Å². The van der Waals surface area contributed by atoms with Crippen LogP contribution >= 0.6 is 27.7 Å². The van der Waals surface area contributed by atoms with Gasteiger partial charge >= 0.3 is 0 Å². The molecular formula is C18H18BrNO3S. The molecular weight excluding hydrogens is 390 g/mol. The molecule has 2 aromatic carbocycles. The first kappa shape index (κ1) is 17.2. The van der Waals surface area contributed by atoms with Gasteiger partial charge in [0.15, 0.2) is 11.5 Å². The van der Waals surface area contributed by atoms with Crippen LogP contribution in [-0.4, -0.2) is 37.3 Å². The second-order valence-electron chi connectivity index (χ2n) is 5.31. The lowest BCUT2D eigenvalue weighted by Gasteiger charge is -2.26. The van der Waals surface area contributed by atoms with Gasteiger partial charge in [-0.15, -0.1) is 11.8 Å². The Hall–Kier alpha value is -1.66. The second-order valence-corrected chi connectivity index (χ2v) is 7.42. The maximum absolute atomic E-state index is 12.9. The molecule has 1 fully saturated rings. The number of methoxy groups -OCH3 is 2. The third-order valence-corrected chi connectivity index (χ3v) is 5.71. The summed E-state index contributed by atoms with van der Waals surface area (Å²) in [6, 6.07) is 13.2. The minimum atomic E-state index is -0.0776. The van der Waals surface area contributed by atoms with E-state index in [0.717, 1.165) is 15.8 Å². The van der Waals surface area contributed by atoms with Crippen molar-refractivity contribution in [3.8, 4) is 11.5 Å². The molecule has 1 amide bonds. The Bertz CT molecular complexity index is 736. The van der Waals surface area contributed by atoms with Gasteiger partial charge < -0.3 is 14.4 Å². The predicted octanol–water partition coefficient (Wildman–Crippen LogP) is 4.35. The lowest BCUT2D eigenvalue weighted by molar-refractivity contribution is 0.0759. The van der Waals surface area contributed by atoms with E-state index in [2.05, 4.69) is 15.9 Å². The summed E-state index contributed by atoms with van der Waals surface area (Å²) in [5.74, 6) is 2.29. The van der Waals surface area contributed by atoms with Crippen LogP contribution in [0.4, 0.5) is 0 Å². The monoisotopic (exact) mass is 407 g/mol. The Labute approximate surface area is 154 Å². The minimum Gasteiger partial charge on any atom is -0.493 e. The number of hydrogen-bond acceptors (Lipinski definition) is 4. The van der Waals surface area contributed by atoms with Gasteiger partial charge in [0.05, 0.1) is 14.2 Å². The fraction of sp³-hybridized carbons (Fsp3) is 0.278. The zero-order chi connectivity index (χ0) is 17.1. The summed E-state index contributed by atoms with van der Waals surface area (Å²) < 4.78 is 11.9. The number of carbonyl (C=O) groups is 1. The number of ether oxygens (including phenoxy) is 2. The van der Waals surface area contributed by atoms with Gasteiger partial charge in [0.2, 0.25) is 0 Å². The maximum Gasteiger partial charge on any atom is 0.255 e. The van der Waals surface area contributed by atoms with Crippen molar-refractivity contribution in [2.24, 2.45) is 0 Å². The molecule has 2 aromatic rings. The first-order chi connectivity index (χ1) is 11.7. The molecule has 0 N–H and O–H groups in total. The van der Waals surface area contributed by atoms with Gasteiger partial charge in [-0.05, 0) is 30.3 Å². The van der Waals surface area contributed by atoms with E-state index in [9.17, 15) is 4.79 Å². The third-order valence-electron chi connectivity index (χ3n) is 3.94. The molecule has 1 heterocycles. The van der Waals surface area contributed by atoms with E-state index in [1.165, 1.54) is 0 Å². The van der Waals surface area contributed by atoms with Crippen molar-refractivity contribution in [1.82, 2.24) is 4.90 Å². The van der Waals surface area contributed by atoms with Crippen LogP contribution in [0.3, 0.4) is 0 Å². The molecule has 0 radical (unpaired) electrons. The minimum absolute atomic E-state index is 0.0300. The standard InChI is InChI=1S/C18H18BrNO3S/c1-22-15-5-3-4-14(16(15)23-2)18-20(10-11-24-18)17(21)12-6-8-13(19)9-7-12/h3-9,18H,10-11H2,1-2H3/t18-/m1/s1. The van der Waals surface area contributed by atoms with E-state index >= 15 is 0 Å². The van der Waals surface area contributed by atoms with Gasteiger partial charge in [-0.3, -0.25) is 4.79 Å². The van der Waals surface area contributed by atoms with Gasteiger partial charge in [0.25, 0.3) is 5.91 Å². The number of rotatable bonds is 4. The molecule has 6 heteroatoms. The summed E-state index contributed by atoms with van der Waals surface area (Å²) in [5, 5.41) is -0.0776. The largest absolute Gasteiger partial charge is 0.493 e. The Morgan fingerprint density at radius 1 is 1.17 bits per heavy atom. The normalized spacial score (nSPS) is 17.0. The second kappa shape index (κ2) is 7.49. The summed E-state index contributed by atoms with van der Waals surface area (Å²) >= 11 is 5.14. The molecule has 0 spiro atoms. The summed E-state index contributed by atoms with van der Waals surface area (Å²) in [6.45, 7) is 0.713. The van der Waals surface area contributed by atoms with Crippen molar-refractivity contribution in [3.05, 3.63) is 58.1 Å². The average molecular weight is 408 g/mol. The zero-order valence-corrected chi connectivity index (χ0v) is 15.9. The van der Waals surface area contributed by atoms with Crippen molar-refractivity contribution in [3.63, 3.8) is 0 Å². The summed E-state index contributed by atoms with van der Waals surface area (Å²) in [7, 11) is 3.25.